The molecule has 0 unspecified atom stereocenters. The van der Waals surface area contributed by atoms with Crippen LogP contribution in [0, 0.1) is 12.3 Å². The lowest BCUT2D eigenvalue weighted by molar-refractivity contribution is 0.416. The molecule has 0 spiro atoms. The summed E-state index contributed by atoms with van der Waals surface area (Å²) in [6, 6.07) is 17.9. The number of H-pyrrole nitrogens is 1. The third-order valence-corrected chi connectivity index (χ3v) is 3.99. The van der Waals surface area contributed by atoms with Gasteiger partial charge in [0, 0.05) is 11.1 Å². The van der Waals surface area contributed by atoms with Crippen LogP contribution in [-0.2, 0) is 0 Å². The van der Waals surface area contributed by atoms with Crippen LogP contribution >= 0.6 is 0 Å². The molecular weight excluding hydrogens is 320 g/mol. The second-order valence-electron chi connectivity index (χ2n) is 5.64. The molecule has 0 bridgehead atoms. The van der Waals surface area contributed by atoms with Gasteiger partial charge in [0.05, 0.1) is 24.1 Å². The first kappa shape index (κ1) is 17.3. The quantitative estimate of drug-likeness (QED) is 0.502. The van der Waals surface area contributed by atoms with Gasteiger partial charge in [0.25, 0.3) is 0 Å². The molecule has 3 aromatic rings. The molecule has 3 heteroatoms. The number of methoxy groups -OCH3 is 1. The molecule has 3 rings (SSSR count). The minimum Gasteiger partial charge on any atom is -0.496 e. The van der Waals surface area contributed by atoms with Gasteiger partial charge in [0.2, 0.25) is 0 Å². The third-order valence-electron chi connectivity index (χ3n) is 3.99. The Labute approximate surface area is 154 Å². The van der Waals surface area contributed by atoms with E-state index in [0.29, 0.717) is 0 Å². The van der Waals surface area contributed by atoms with Crippen molar-refractivity contribution in [1.82, 2.24) is 9.97 Å². The molecule has 3 nitrogen and oxygen atoms in total. The van der Waals surface area contributed by atoms with E-state index in [2.05, 4.69) is 10.9 Å². The molecule has 0 aliphatic carbocycles. The normalized spacial score (nSPS) is 11.5. The van der Waals surface area contributed by atoms with E-state index < -0.39 is 0 Å². The minimum atomic E-state index is 0.740. The highest BCUT2D eigenvalue weighted by molar-refractivity contribution is 5.85. The fourth-order valence-corrected chi connectivity index (χ4v) is 2.83. The molecule has 0 radical (unpaired) electrons. The predicted molar refractivity (Wildman–Crippen MR) is 108 cm³/mol. The maximum atomic E-state index is 5.53. The van der Waals surface area contributed by atoms with Crippen LogP contribution < -0.4 is 4.74 Å². The highest BCUT2D eigenvalue weighted by atomic mass is 16.5. The zero-order valence-corrected chi connectivity index (χ0v) is 14.9. The van der Waals surface area contributed by atoms with Crippen LogP contribution in [-0.4, -0.2) is 17.1 Å². The number of para-hydroxylation sites is 1. The Balaban J connectivity index is 2.24. The van der Waals surface area contributed by atoms with E-state index in [1.54, 1.807) is 13.2 Å². The van der Waals surface area contributed by atoms with Crippen molar-refractivity contribution in [2.45, 2.75) is 6.92 Å². The molecule has 2 aromatic carbocycles. The fourth-order valence-electron chi connectivity index (χ4n) is 2.83. The summed E-state index contributed by atoms with van der Waals surface area (Å²) in [6.45, 7) is 1.96. The summed E-state index contributed by atoms with van der Waals surface area (Å²) < 4.78 is 5.49. The van der Waals surface area contributed by atoms with E-state index in [-0.39, 0.29) is 0 Å². The molecular formula is C23H20N2O. The summed E-state index contributed by atoms with van der Waals surface area (Å²) >= 11 is 0. The van der Waals surface area contributed by atoms with E-state index in [4.69, 9.17) is 16.1 Å². The number of aromatic nitrogens is 2. The Morgan fingerprint density at radius 2 is 1.85 bits per heavy atom. The monoisotopic (exact) mass is 340 g/mol. The second kappa shape index (κ2) is 8.04. The van der Waals surface area contributed by atoms with E-state index >= 15 is 0 Å². The average Bonchev–Trinajstić information content (AvgIpc) is 3.13. The number of aromatic amines is 1. The number of hydrogen-bond donors (Lipinski definition) is 1. The molecule has 26 heavy (non-hydrogen) atoms. The molecule has 0 saturated heterocycles. The standard InChI is InChI=1S/C23H20N2O/c1-4-11-17(12-5-2)21-22(18-13-7-6-8-14-18)25-23(24-21)19-15-9-10-16-20(19)26-3/h1,5-16H,2-3H3,(H,24,25)/b12-5-,17-11+. The van der Waals surface area contributed by atoms with Crippen LogP contribution in [0.25, 0.3) is 28.2 Å². The zero-order valence-electron chi connectivity index (χ0n) is 14.9. The van der Waals surface area contributed by atoms with Crippen LogP contribution in [0.15, 0.2) is 72.8 Å². The highest BCUT2D eigenvalue weighted by Crippen LogP contribution is 2.34. The first-order chi connectivity index (χ1) is 12.8. The Morgan fingerprint density at radius 1 is 1.12 bits per heavy atom. The van der Waals surface area contributed by atoms with Crippen molar-refractivity contribution >= 4 is 5.57 Å². The largest absolute Gasteiger partial charge is 0.496 e. The lowest BCUT2D eigenvalue weighted by Crippen LogP contribution is -1.89. The van der Waals surface area contributed by atoms with Gasteiger partial charge in [-0.25, -0.2) is 4.98 Å². The molecule has 128 valence electrons. The maximum Gasteiger partial charge on any atom is 0.142 e. The lowest BCUT2D eigenvalue weighted by Gasteiger charge is -2.05. The van der Waals surface area contributed by atoms with Crippen molar-refractivity contribution in [2.24, 2.45) is 0 Å². The highest BCUT2D eigenvalue weighted by Gasteiger charge is 2.17. The summed E-state index contributed by atoms with van der Waals surface area (Å²) in [7, 11) is 1.66. The van der Waals surface area contributed by atoms with E-state index in [9.17, 15) is 0 Å². The number of ether oxygens (including phenoxy) is 1. The van der Waals surface area contributed by atoms with E-state index in [1.807, 2.05) is 73.7 Å². The predicted octanol–water partition coefficient (Wildman–Crippen LogP) is 5.35. The van der Waals surface area contributed by atoms with E-state index in [1.165, 1.54) is 0 Å². The molecule has 0 aliphatic heterocycles. The van der Waals surface area contributed by atoms with Gasteiger partial charge >= 0.3 is 0 Å². The average molecular weight is 340 g/mol. The van der Waals surface area contributed by atoms with Crippen molar-refractivity contribution in [3.8, 4) is 40.7 Å². The summed E-state index contributed by atoms with van der Waals surface area (Å²) in [5, 5.41) is 0. The second-order valence-corrected chi connectivity index (χ2v) is 5.64. The van der Waals surface area contributed by atoms with Gasteiger partial charge in [0.1, 0.15) is 11.6 Å². The Morgan fingerprint density at radius 3 is 2.54 bits per heavy atom. The molecule has 0 amide bonds. The first-order valence-corrected chi connectivity index (χ1v) is 8.36. The van der Waals surface area contributed by atoms with Gasteiger partial charge in [-0.1, -0.05) is 60.5 Å². The fraction of sp³-hybridized carbons (Fsp3) is 0.0870. The van der Waals surface area contributed by atoms with Crippen LogP contribution in [0.1, 0.15) is 12.6 Å². The van der Waals surface area contributed by atoms with Crippen LogP contribution in [0.3, 0.4) is 0 Å². The number of allylic oxidation sites excluding steroid dienone is 4. The number of rotatable bonds is 5. The first-order valence-electron chi connectivity index (χ1n) is 8.36. The molecule has 1 aromatic heterocycles. The van der Waals surface area contributed by atoms with Gasteiger partial charge < -0.3 is 9.72 Å². The number of imidazole rings is 1. The summed E-state index contributed by atoms with van der Waals surface area (Å²) in [5.41, 5.74) is 4.56. The molecule has 1 N–H and O–H groups in total. The van der Waals surface area contributed by atoms with Gasteiger partial charge in [-0.3, -0.25) is 0 Å². The van der Waals surface area contributed by atoms with Crippen molar-refractivity contribution in [3.63, 3.8) is 0 Å². The number of hydrogen-bond acceptors (Lipinski definition) is 2. The van der Waals surface area contributed by atoms with Crippen molar-refractivity contribution in [3.05, 3.63) is 78.5 Å². The molecule has 1 heterocycles. The van der Waals surface area contributed by atoms with Gasteiger partial charge in [-0.15, -0.1) is 6.42 Å². The van der Waals surface area contributed by atoms with Crippen molar-refractivity contribution in [2.75, 3.05) is 7.11 Å². The number of terminal acetylenes is 1. The Kier molecular flexibility index (Phi) is 5.36. The van der Waals surface area contributed by atoms with E-state index in [0.717, 1.165) is 39.7 Å². The molecule has 0 saturated carbocycles. The smallest absolute Gasteiger partial charge is 0.142 e. The number of nitrogens with zero attached hydrogens (tertiary/aromatic N) is 1. The topological polar surface area (TPSA) is 37.9 Å². The van der Waals surface area contributed by atoms with Crippen molar-refractivity contribution in [1.29, 1.82) is 0 Å². The molecule has 0 atom stereocenters. The maximum absolute atomic E-state index is 5.53. The number of nitrogens with one attached hydrogen (secondary N) is 1. The van der Waals surface area contributed by atoms with Gasteiger partial charge in [0.15, 0.2) is 0 Å². The van der Waals surface area contributed by atoms with Crippen LogP contribution in [0.5, 0.6) is 5.75 Å². The lowest BCUT2D eigenvalue weighted by atomic mass is 10.0. The molecule has 0 aliphatic rings. The van der Waals surface area contributed by atoms with Crippen LogP contribution in [0.4, 0.5) is 0 Å². The van der Waals surface area contributed by atoms with Gasteiger partial charge in [-0.05, 0) is 25.1 Å². The summed E-state index contributed by atoms with van der Waals surface area (Å²) in [5.74, 6) is 4.12. The Bertz CT molecular complexity index is 989. The summed E-state index contributed by atoms with van der Waals surface area (Å²) in [4.78, 5) is 8.30. The number of benzene rings is 2. The zero-order chi connectivity index (χ0) is 18.4. The minimum absolute atomic E-state index is 0.740. The third kappa shape index (κ3) is 3.45. The SMILES string of the molecule is C#C/C=C(\C=C/C)c1[nH]c(-c2ccccc2OC)nc1-c1ccccc1. The Hall–Kier alpha value is -3.51. The van der Waals surface area contributed by atoms with Crippen molar-refractivity contribution < 1.29 is 4.74 Å². The summed E-state index contributed by atoms with van der Waals surface area (Å²) in [6.07, 6.45) is 11.2. The molecule has 0 fully saturated rings. The van der Waals surface area contributed by atoms with Gasteiger partial charge in [-0.2, -0.15) is 0 Å². The van der Waals surface area contributed by atoms with Crippen LogP contribution in [0.2, 0.25) is 0 Å².